The molecule has 448 valence electrons. The second kappa shape index (κ2) is 65.6. The number of allylic oxidation sites excluding steroid dienone is 5. The Hall–Kier alpha value is -1.92. The summed E-state index contributed by atoms with van der Waals surface area (Å²) in [5.74, 6) is -0.0607. The van der Waals surface area contributed by atoms with Crippen LogP contribution in [-0.2, 0) is 14.3 Å². The van der Waals surface area contributed by atoms with Crippen molar-refractivity contribution in [3.05, 3.63) is 36.5 Å². The number of esters is 1. The number of amides is 1. The number of carbonyl (C=O) groups is 2. The number of hydrogen-bond donors (Lipinski definition) is 3. The van der Waals surface area contributed by atoms with Gasteiger partial charge in [-0.25, -0.2) is 0 Å². The molecule has 0 heterocycles. The molecule has 0 saturated carbocycles. The Morgan fingerprint density at radius 2 is 0.618 bits per heavy atom. The molecule has 0 rings (SSSR count). The number of hydrogen-bond acceptors (Lipinski definition) is 5. The molecule has 76 heavy (non-hydrogen) atoms. The molecule has 2 atom stereocenters. The molecular formula is C70H133NO5. The van der Waals surface area contributed by atoms with Crippen LogP contribution in [-0.4, -0.2) is 47.4 Å². The van der Waals surface area contributed by atoms with E-state index in [9.17, 15) is 19.8 Å². The standard InChI is InChI=1S/C70H133NO5/c1-3-5-7-9-11-13-15-17-19-31-34-38-42-46-50-54-58-62-68(73)67(66-72)71-69(74)63-59-55-51-47-43-39-35-32-29-27-25-23-21-22-24-26-28-30-33-37-41-45-49-53-57-61-65-76-70(75)64-60-56-52-48-44-40-36-20-18-16-14-12-10-8-6-4-2/h20-21,23,36,58,62,67-68,72-73H,3-19,22,24-35,37-57,59-61,63-66H2,1-2H3,(H,71,74)/b23-21-,36-20-,62-58+. The van der Waals surface area contributed by atoms with Crippen LogP contribution in [0.4, 0.5) is 0 Å². The van der Waals surface area contributed by atoms with Gasteiger partial charge in [-0.05, 0) is 83.5 Å². The minimum atomic E-state index is -0.846. The zero-order valence-electron chi connectivity index (χ0n) is 51.3. The van der Waals surface area contributed by atoms with E-state index < -0.39 is 12.1 Å². The summed E-state index contributed by atoms with van der Waals surface area (Å²) in [6.07, 6.45) is 83.5. The smallest absolute Gasteiger partial charge is 0.305 e. The number of unbranched alkanes of at least 4 members (excludes halogenated alkanes) is 49. The highest BCUT2D eigenvalue weighted by Crippen LogP contribution is 2.18. The van der Waals surface area contributed by atoms with E-state index in [1.807, 2.05) is 6.08 Å². The van der Waals surface area contributed by atoms with Gasteiger partial charge in [-0.3, -0.25) is 9.59 Å². The number of rotatable bonds is 64. The fraction of sp³-hybridized carbons (Fsp3) is 0.886. The van der Waals surface area contributed by atoms with Gasteiger partial charge in [0.05, 0.1) is 25.4 Å². The molecule has 0 radical (unpaired) electrons. The highest BCUT2D eigenvalue weighted by atomic mass is 16.5. The first kappa shape index (κ1) is 74.1. The van der Waals surface area contributed by atoms with Crippen LogP contribution in [0.1, 0.15) is 373 Å². The molecule has 0 saturated heterocycles. The van der Waals surface area contributed by atoms with Gasteiger partial charge >= 0.3 is 5.97 Å². The molecule has 0 fully saturated rings. The van der Waals surface area contributed by atoms with Crippen LogP contribution in [0.25, 0.3) is 0 Å². The molecule has 0 aliphatic heterocycles. The first-order chi connectivity index (χ1) is 37.5. The molecular weight excluding hydrogens is 935 g/mol. The van der Waals surface area contributed by atoms with E-state index in [4.69, 9.17) is 4.74 Å². The average Bonchev–Trinajstić information content (AvgIpc) is 3.42. The van der Waals surface area contributed by atoms with Crippen molar-refractivity contribution in [2.45, 2.75) is 386 Å². The van der Waals surface area contributed by atoms with E-state index >= 15 is 0 Å². The Balaban J connectivity index is 3.41. The van der Waals surface area contributed by atoms with E-state index in [0.29, 0.717) is 19.4 Å². The molecule has 6 nitrogen and oxygen atoms in total. The molecule has 0 aliphatic rings. The number of ether oxygens (including phenoxy) is 1. The van der Waals surface area contributed by atoms with Gasteiger partial charge < -0.3 is 20.3 Å². The SMILES string of the molecule is CCCCCCCCC/C=C\CCCCCCCC(=O)OCCCCCCCCCCCCCC/C=C\CCCCCCCCCCCCC(=O)NC(CO)C(O)/C=C/CCCCCCCCCCCCCCCCC. The van der Waals surface area contributed by atoms with E-state index in [1.54, 1.807) is 6.08 Å². The summed E-state index contributed by atoms with van der Waals surface area (Å²) < 4.78 is 5.49. The number of aliphatic hydroxyl groups is 2. The molecule has 0 bridgehead atoms. The second-order valence-corrected chi connectivity index (χ2v) is 23.5. The fourth-order valence-electron chi connectivity index (χ4n) is 10.6. The quantitative estimate of drug-likeness (QED) is 0.0320. The maximum absolute atomic E-state index is 12.5. The molecule has 3 N–H and O–H groups in total. The Bertz CT molecular complexity index is 1230. The van der Waals surface area contributed by atoms with Crippen LogP contribution in [0.3, 0.4) is 0 Å². The summed E-state index contributed by atoms with van der Waals surface area (Å²) in [5.41, 5.74) is 0. The minimum absolute atomic E-state index is 0.00686. The van der Waals surface area contributed by atoms with E-state index in [0.717, 1.165) is 44.9 Å². The molecule has 1 amide bonds. The van der Waals surface area contributed by atoms with Gasteiger partial charge in [0, 0.05) is 12.8 Å². The lowest BCUT2D eigenvalue weighted by molar-refractivity contribution is -0.143. The van der Waals surface area contributed by atoms with Gasteiger partial charge in [0.15, 0.2) is 0 Å². The molecule has 0 aliphatic carbocycles. The number of carbonyl (C=O) groups excluding carboxylic acids is 2. The Morgan fingerprint density at radius 1 is 0.355 bits per heavy atom. The van der Waals surface area contributed by atoms with Crippen molar-refractivity contribution in [2.24, 2.45) is 0 Å². The summed E-state index contributed by atoms with van der Waals surface area (Å²) in [7, 11) is 0. The summed E-state index contributed by atoms with van der Waals surface area (Å²) in [5, 5.41) is 23.2. The summed E-state index contributed by atoms with van der Waals surface area (Å²) >= 11 is 0. The third-order valence-electron chi connectivity index (χ3n) is 15.9. The van der Waals surface area contributed by atoms with Gasteiger partial charge in [-0.1, -0.05) is 314 Å². The highest BCUT2D eigenvalue weighted by Gasteiger charge is 2.18. The minimum Gasteiger partial charge on any atom is -0.466 e. The third kappa shape index (κ3) is 61.3. The first-order valence-corrected chi connectivity index (χ1v) is 34.3. The molecule has 6 heteroatoms. The number of nitrogens with one attached hydrogen (secondary N) is 1. The van der Waals surface area contributed by atoms with E-state index in [-0.39, 0.29) is 18.5 Å². The van der Waals surface area contributed by atoms with Crippen molar-refractivity contribution in [2.75, 3.05) is 13.2 Å². The summed E-state index contributed by atoms with van der Waals surface area (Å²) in [6, 6.07) is -0.630. The van der Waals surface area contributed by atoms with Crippen molar-refractivity contribution in [3.63, 3.8) is 0 Å². The molecule has 0 spiro atoms. The predicted molar refractivity (Wildman–Crippen MR) is 333 cm³/mol. The Kier molecular flexibility index (Phi) is 63.9. The van der Waals surface area contributed by atoms with Gasteiger partial charge in [-0.2, -0.15) is 0 Å². The first-order valence-electron chi connectivity index (χ1n) is 34.3. The normalized spacial score (nSPS) is 12.7. The lowest BCUT2D eigenvalue weighted by Crippen LogP contribution is -2.45. The van der Waals surface area contributed by atoms with Crippen LogP contribution < -0.4 is 5.32 Å². The summed E-state index contributed by atoms with van der Waals surface area (Å²) in [6.45, 7) is 4.92. The molecule has 0 aromatic carbocycles. The monoisotopic (exact) mass is 1070 g/mol. The summed E-state index contributed by atoms with van der Waals surface area (Å²) in [4.78, 5) is 24.6. The van der Waals surface area contributed by atoms with Crippen molar-refractivity contribution >= 4 is 11.9 Å². The lowest BCUT2D eigenvalue weighted by atomic mass is 10.0. The third-order valence-corrected chi connectivity index (χ3v) is 15.9. The molecule has 2 unspecified atom stereocenters. The zero-order chi connectivity index (χ0) is 55.0. The number of aliphatic hydroxyl groups excluding tert-OH is 2. The van der Waals surface area contributed by atoms with Crippen LogP contribution in [0.15, 0.2) is 36.5 Å². The lowest BCUT2D eigenvalue weighted by Gasteiger charge is -2.20. The van der Waals surface area contributed by atoms with Crippen molar-refractivity contribution in [1.82, 2.24) is 5.32 Å². The largest absolute Gasteiger partial charge is 0.466 e. The van der Waals surface area contributed by atoms with Gasteiger partial charge in [-0.15, -0.1) is 0 Å². The van der Waals surface area contributed by atoms with Gasteiger partial charge in [0.25, 0.3) is 0 Å². The molecule has 0 aromatic heterocycles. The Morgan fingerprint density at radius 3 is 0.934 bits per heavy atom. The van der Waals surface area contributed by atoms with Gasteiger partial charge in [0.2, 0.25) is 5.91 Å². The maximum atomic E-state index is 12.5. The topological polar surface area (TPSA) is 95.9 Å². The van der Waals surface area contributed by atoms with Crippen molar-refractivity contribution < 1.29 is 24.5 Å². The average molecular weight is 1070 g/mol. The second-order valence-electron chi connectivity index (χ2n) is 23.5. The van der Waals surface area contributed by atoms with E-state index in [2.05, 4.69) is 43.5 Å². The maximum Gasteiger partial charge on any atom is 0.305 e. The fourth-order valence-corrected chi connectivity index (χ4v) is 10.6. The predicted octanol–water partition coefficient (Wildman–Crippen LogP) is 21.9. The highest BCUT2D eigenvalue weighted by molar-refractivity contribution is 5.76. The van der Waals surface area contributed by atoms with E-state index in [1.165, 1.54) is 302 Å². The Labute approximate surface area is 474 Å². The van der Waals surface area contributed by atoms with Crippen LogP contribution in [0, 0.1) is 0 Å². The van der Waals surface area contributed by atoms with Crippen LogP contribution in [0.5, 0.6) is 0 Å². The van der Waals surface area contributed by atoms with Gasteiger partial charge in [0.1, 0.15) is 0 Å². The zero-order valence-corrected chi connectivity index (χ0v) is 51.3. The molecule has 0 aromatic rings. The van der Waals surface area contributed by atoms with Crippen LogP contribution >= 0.6 is 0 Å². The van der Waals surface area contributed by atoms with Crippen molar-refractivity contribution in [3.8, 4) is 0 Å². The van der Waals surface area contributed by atoms with Crippen LogP contribution in [0.2, 0.25) is 0 Å². The van der Waals surface area contributed by atoms with Crippen molar-refractivity contribution in [1.29, 1.82) is 0 Å².